The highest BCUT2D eigenvalue weighted by molar-refractivity contribution is 5.88. The normalized spacial score (nSPS) is 10.6. The molecule has 1 heterocycles. The third-order valence-electron chi connectivity index (χ3n) is 4.42. The number of aromatic hydroxyl groups is 1. The second kappa shape index (κ2) is 11.8. The third-order valence-corrected chi connectivity index (χ3v) is 4.42. The lowest BCUT2D eigenvalue weighted by molar-refractivity contribution is 0.0487. The van der Waals surface area contributed by atoms with E-state index in [9.17, 15) is 9.90 Å². The standard InChI is InChI=1S/C24H24O10/c1-5-8-30-19-9-15(6-7-18(19)32-13-28-3)23-24(33-14-29-4)22(26)21-17(25)10-16(31-12-27-2)11-20(21)34-23/h1,6-7,9-11,25H,8,12-14H2,2-4H3. The van der Waals surface area contributed by atoms with Crippen molar-refractivity contribution in [3.8, 4) is 52.4 Å². The highest BCUT2D eigenvalue weighted by Gasteiger charge is 2.22. The molecule has 0 aliphatic heterocycles. The molecule has 0 amide bonds. The van der Waals surface area contributed by atoms with E-state index in [1.54, 1.807) is 18.2 Å². The Balaban J connectivity index is 2.20. The molecule has 0 unspecified atom stereocenters. The van der Waals surface area contributed by atoms with E-state index >= 15 is 0 Å². The Morgan fingerprint density at radius 2 is 1.62 bits per heavy atom. The minimum atomic E-state index is -0.602. The predicted octanol–water partition coefficient (Wildman–Crippen LogP) is 3.13. The predicted molar refractivity (Wildman–Crippen MR) is 121 cm³/mol. The molecule has 10 heteroatoms. The molecule has 0 aliphatic carbocycles. The number of phenolic OH excluding ortho intramolecular Hbond substituents is 1. The first kappa shape index (κ1) is 24.7. The summed E-state index contributed by atoms with van der Waals surface area (Å²) in [7, 11) is 4.35. The van der Waals surface area contributed by atoms with Crippen LogP contribution >= 0.6 is 0 Å². The van der Waals surface area contributed by atoms with Gasteiger partial charge in [0.25, 0.3) is 0 Å². The van der Waals surface area contributed by atoms with Crippen LogP contribution in [0.5, 0.6) is 28.7 Å². The Hall–Kier alpha value is -3.91. The lowest BCUT2D eigenvalue weighted by Crippen LogP contribution is -2.12. The summed E-state index contributed by atoms with van der Waals surface area (Å²) in [5, 5.41) is 10.4. The van der Waals surface area contributed by atoms with E-state index in [1.165, 1.54) is 33.5 Å². The van der Waals surface area contributed by atoms with Gasteiger partial charge in [-0.25, -0.2) is 0 Å². The number of hydrogen-bond donors (Lipinski definition) is 1. The van der Waals surface area contributed by atoms with Gasteiger partial charge in [-0.2, -0.15) is 0 Å². The van der Waals surface area contributed by atoms with Crippen molar-refractivity contribution in [3.05, 3.63) is 40.6 Å². The molecule has 3 rings (SSSR count). The van der Waals surface area contributed by atoms with Crippen LogP contribution in [0.15, 0.2) is 39.5 Å². The summed E-state index contributed by atoms with van der Waals surface area (Å²) in [6.07, 6.45) is 5.32. The maximum Gasteiger partial charge on any atom is 0.239 e. The van der Waals surface area contributed by atoms with Crippen molar-refractivity contribution in [3.63, 3.8) is 0 Å². The zero-order valence-electron chi connectivity index (χ0n) is 18.9. The summed E-state index contributed by atoms with van der Waals surface area (Å²) in [6.45, 7) is -0.317. The second-order valence-corrected chi connectivity index (χ2v) is 6.71. The van der Waals surface area contributed by atoms with Crippen LogP contribution in [0.25, 0.3) is 22.3 Å². The smallest absolute Gasteiger partial charge is 0.239 e. The van der Waals surface area contributed by atoms with Gasteiger partial charge in [0.15, 0.2) is 37.6 Å². The summed E-state index contributed by atoms with van der Waals surface area (Å²) in [5.74, 6) is 2.87. The Morgan fingerprint density at radius 1 is 0.912 bits per heavy atom. The quantitative estimate of drug-likeness (QED) is 0.311. The van der Waals surface area contributed by atoms with Crippen LogP contribution in [0.1, 0.15) is 0 Å². The van der Waals surface area contributed by atoms with Crippen molar-refractivity contribution < 1.29 is 42.7 Å². The SMILES string of the molecule is C#CCOc1cc(-c2oc3cc(OCOC)cc(O)c3c(=O)c2OCOC)ccc1OCOC. The number of hydrogen-bond acceptors (Lipinski definition) is 10. The second-order valence-electron chi connectivity index (χ2n) is 6.71. The van der Waals surface area contributed by atoms with E-state index in [-0.39, 0.29) is 61.0 Å². The lowest BCUT2D eigenvalue weighted by atomic mass is 10.1. The van der Waals surface area contributed by atoms with E-state index in [4.69, 9.17) is 44.0 Å². The van der Waals surface area contributed by atoms with Crippen LogP contribution in [-0.4, -0.2) is 53.4 Å². The minimum absolute atomic E-state index is 0.0114. The van der Waals surface area contributed by atoms with Gasteiger partial charge in [0, 0.05) is 39.0 Å². The molecular weight excluding hydrogens is 448 g/mol. The summed E-state index contributed by atoms with van der Waals surface area (Å²) < 4.78 is 42.8. The Labute approximate surface area is 195 Å². The van der Waals surface area contributed by atoms with Gasteiger partial charge in [0.2, 0.25) is 11.2 Å². The van der Waals surface area contributed by atoms with Gasteiger partial charge in [-0.1, -0.05) is 5.92 Å². The molecule has 3 aromatic rings. The summed E-state index contributed by atoms with van der Waals surface area (Å²) in [5.41, 5.74) is -0.110. The van der Waals surface area contributed by atoms with E-state index < -0.39 is 5.43 Å². The number of ether oxygens (including phenoxy) is 7. The summed E-state index contributed by atoms with van der Waals surface area (Å²) in [6, 6.07) is 7.58. The largest absolute Gasteiger partial charge is 0.507 e. The van der Waals surface area contributed by atoms with Gasteiger partial charge in [-0.05, 0) is 18.2 Å². The number of phenols is 1. The highest BCUT2D eigenvalue weighted by atomic mass is 16.7. The van der Waals surface area contributed by atoms with Crippen molar-refractivity contribution in [2.24, 2.45) is 0 Å². The molecule has 34 heavy (non-hydrogen) atoms. The highest BCUT2D eigenvalue weighted by Crippen LogP contribution is 2.39. The molecule has 0 bridgehead atoms. The van der Waals surface area contributed by atoms with Gasteiger partial charge in [-0.3, -0.25) is 4.79 Å². The molecule has 0 saturated carbocycles. The van der Waals surface area contributed by atoms with E-state index in [0.29, 0.717) is 17.1 Å². The number of fused-ring (bicyclic) bond motifs is 1. The Bertz CT molecular complexity index is 1230. The maximum absolute atomic E-state index is 13.3. The van der Waals surface area contributed by atoms with Crippen LogP contribution in [0.2, 0.25) is 0 Å². The van der Waals surface area contributed by atoms with Crippen molar-refractivity contribution in [2.45, 2.75) is 0 Å². The fourth-order valence-electron chi connectivity index (χ4n) is 3.03. The average molecular weight is 472 g/mol. The van der Waals surface area contributed by atoms with E-state index in [0.717, 1.165) is 0 Å². The van der Waals surface area contributed by atoms with Gasteiger partial charge in [0.1, 0.15) is 29.1 Å². The van der Waals surface area contributed by atoms with E-state index in [1.807, 2.05) is 0 Å². The molecule has 0 atom stereocenters. The summed E-state index contributed by atoms with van der Waals surface area (Å²) in [4.78, 5) is 13.3. The topological polar surface area (TPSA) is 115 Å². The fraction of sp³-hybridized carbons (Fsp3) is 0.292. The minimum Gasteiger partial charge on any atom is -0.507 e. The van der Waals surface area contributed by atoms with Gasteiger partial charge >= 0.3 is 0 Å². The molecule has 0 spiro atoms. The molecule has 0 aliphatic rings. The molecule has 0 saturated heterocycles. The molecule has 10 nitrogen and oxygen atoms in total. The van der Waals surface area contributed by atoms with Crippen molar-refractivity contribution in [1.82, 2.24) is 0 Å². The number of methoxy groups -OCH3 is 3. The van der Waals surface area contributed by atoms with Crippen molar-refractivity contribution in [1.29, 1.82) is 0 Å². The Kier molecular flexibility index (Phi) is 8.59. The lowest BCUT2D eigenvalue weighted by Gasteiger charge is -2.15. The third kappa shape index (κ3) is 5.52. The first-order valence-electron chi connectivity index (χ1n) is 9.93. The summed E-state index contributed by atoms with van der Waals surface area (Å²) >= 11 is 0. The number of benzene rings is 2. The van der Waals surface area contributed by atoms with Gasteiger partial charge in [-0.15, -0.1) is 6.42 Å². The molecule has 0 radical (unpaired) electrons. The molecule has 180 valence electrons. The number of rotatable bonds is 12. The first-order valence-corrected chi connectivity index (χ1v) is 9.93. The molecule has 0 fully saturated rings. The fourth-order valence-corrected chi connectivity index (χ4v) is 3.03. The van der Waals surface area contributed by atoms with Crippen LogP contribution in [0.3, 0.4) is 0 Å². The van der Waals surface area contributed by atoms with Gasteiger partial charge in [0.05, 0.1) is 0 Å². The Morgan fingerprint density at radius 3 is 2.32 bits per heavy atom. The number of terminal acetylenes is 1. The van der Waals surface area contributed by atoms with Crippen LogP contribution in [0, 0.1) is 12.3 Å². The molecular formula is C24H24O10. The van der Waals surface area contributed by atoms with Crippen LogP contribution < -0.4 is 24.4 Å². The molecule has 1 aromatic heterocycles. The first-order chi connectivity index (χ1) is 16.5. The van der Waals surface area contributed by atoms with Crippen LogP contribution in [0.4, 0.5) is 0 Å². The van der Waals surface area contributed by atoms with Crippen molar-refractivity contribution in [2.75, 3.05) is 48.3 Å². The van der Waals surface area contributed by atoms with Crippen LogP contribution in [-0.2, 0) is 14.2 Å². The average Bonchev–Trinajstić information content (AvgIpc) is 2.84. The van der Waals surface area contributed by atoms with E-state index in [2.05, 4.69) is 5.92 Å². The monoisotopic (exact) mass is 472 g/mol. The molecule has 2 aromatic carbocycles. The van der Waals surface area contributed by atoms with Crippen molar-refractivity contribution >= 4 is 11.0 Å². The molecule has 1 N–H and O–H groups in total. The zero-order valence-corrected chi connectivity index (χ0v) is 18.9. The zero-order chi connectivity index (χ0) is 24.5. The van der Waals surface area contributed by atoms with Gasteiger partial charge < -0.3 is 42.7 Å². The maximum atomic E-state index is 13.3.